The Kier molecular flexibility index (Phi) is 3.95. The number of hydrogen-bond acceptors (Lipinski definition) is 6. The van der Waals surface area contributed by atoms with Crippen LogP contribution in [-0.2, 0) is 12.8 Å². The Hall–Kier alpha value is -2.38. The molecule has 3 aromatic heterocycles. The largest absolute Gasteiger partial charge is 0.397 e. The van der Waals surface area contributed by atoms with Crippen LogP contribution in [0.15, 0.2) is 53.8 Å². The third-order valence-corrected chi connectivity index (χ3v) is 5.97. The number of nitrogen functional groups attached to an aromatic ring is 1. The molecule has 0 saturated heterocycles. The third kappa shape index (κ3) is 2.65. The Morgan fingerprint density at radius 2 is 1.96 bits per heavy atom. The number of thioether (sulfide) groups is 1. The van der Waals surface area contributed by atoms with Crippen molar-refractivity contribution < 1.29 is 0 Å². The van der Waals surface area contributed by atoms with E-state index in [0.717, 1.165) is 37.5 Å². The number of anilines is 1. The van der Waals surface area contributed by atoms with E-state index in [1.807, 2.05) is 41.9 Å². The van der Waals surface area contributed by atoms with E-state index in [1.54, 1.807) is 29.3 Å². The quantitative estimate of drug-likeness (QED) is 0.562. The van der Waals surface area contributed by atoms with Gasteiger partial charge >= 0.3 is 0 Å². The molecule has 0 saturated carbocycles. The predicted octanol–water partition coefficient (Wildman–Crippen LogP) is 3.97. The van der Waals surface area contributed by atoms with Gasteiger partial charge in [0.2, 0.25) is 0 Å². The van der Waals surface area contributed by atoms with Gasteiger partial charge in [0.05, 0.1) is 10.6 Å². The summed E-state index contributed by atoms with van der Waals surface area (Å²) in [6, 6.07) is 14.2. The zero-order valence-electron chi connectivity index (χ0n) is 13.0. The standard InChI is InChI=1S/C17H15N5S2/c1-22-15(14-13(18)12-8-5-9-19-16(12)24-14)20-21-17(22)23-10-11-6-3-2-4-7-11/h2-9H,10,18H2,1H3. The molecule has 24 heavy (non-hydrogen) atoms. The summed E-state index contributed by atoms with van der Waals surface area (Å²) in [5, 5.41) is 10.5. The smallest absolute Gasteiger partial charge is 0.191 e. The van der Waals surface area contributed by atoms with Gasteiger partial charge in [0.1, 0.15) is 4.83 Å². The van der Waals surface area contributed by atoms with Crippen LogP contribution < -0.4 is 5.73 Å². The summed E-state index contributed by atoms with van der Waals surface area (Å²) < 4.78 is 1.99. The lowest BCUT2D eigenvalue weighted by Crippen LogP contribution is -1.96. The number of aromatic nitrogens is 4. The van der Waals surface area contributed by atoms with E-state index in [2.05, 4.69) is 27.3 Å². The number of fused-ring (bicyclic) bond motifs is 1. The zero-order chi connectivity index (χ0) is 16.5. The maximum Gasteiger partial charge on any atom is 0.191 e. The van der Waals surface area contributed by atoms with E-state index in [1.165, 1.54) is 5.56 Å². The van der Waals surface area contributed by atoms with Crippen LogP contribution in [-0.4, -0.2) is 19.7 Å². The van der Waals surface area contributed by atoms with Crippen molar-refractivity contribution >= 4 is 39.0 Å². The van der Waals surface area contributed by atoms with E-state index >= 15 is 0 Å². The van der Waals surface area contributed by atoms with Crippen LogP contribution in [0.4, 0.5) is 5.69 Å². The van der Waals surface area contributed by atoms with Gasteiger partial charge < -0.3 is 10.3 Å². The molecular weight excluding hydrogens is 338 g/mol. The first-order valence-electron chi connectivity index (χ1n) is 7.43. The summed E-state index contributed by atoms with van der Waals surface area (Å²) in [6.45, 7) is 0. The molecule has 0 aliphatic rings. The van der Waals surface area contributed by atoms with Gasteiger partial charge in [-0.05, 0) is 17.7 Å². The first-order chi connectivity index (χ1) is 11.7. The molecule has 1 aromatic carbocycles. The fourth-order valence-electron chi connectivity index (χ4n) is 2.48. The lowest BCUT2D eigenvalue weighted by atomic mass is 10.2. The molecule has 0 spiro atoms. The number of thiophene rings is 1. The summed E-state index contributed by atoms with van der Waals surface area (Å²) in [5.41, 5.74) is 8.28. The second kappa shape index (κ2) is 6.26. The lowest BCUT2D eigenvalue weighted by molar-refractivity contribution is 0.795. The summed E-state index contributed by atoms with van der Waals surface area (Å²) in [5.74, 6) is 1.64. The van der Waals surface area contributed by atoms with Crippen molar-refractivity contribution in [2.45, 2.75) is 10.9 Å². The van der Waals surface area contributed by atoms with Crippen LogP contribution in [0.2, 0.25) is 0 Å². The highest BCUT2D eigenvalue weighted by molar-refractivity contribution is 7.98. The Bertz CT molecular complexity index is 991. The average Bonchev–Trinajstić information content (AvgIpc) is 3.14. The first-order valence-corrected chi connectivity index (χ1v) is 9.23. The maximum absolute atomic E-state index is 6.30. The third-order valence-electron chi connectivity index (χ3n) is 3.75. The van der Waals surface area contributed by atoms with Crippen molar-refractivity contribution in [2.75, 3.05) is 5.73 Å². The number of nitrogens with zero attached hydrogens (tertiary/aromatic N) is 4. The van der Waals surface area contributed by atoms with Crippen molar-refractivity contribution in [2.24, 2.45) is 7.05 Å². The SMILES string of the molecule is Cn1c(SCc2ccccc2)nnc1-c1sc2ncccc2c1N. The van der Waals surface area contributed by atoms with Crippen LogP contribution in [0.25, 0.3) is 20.9 Å². The van der Waals surface area contributed by atoms with Crippen LogP contribution in [0.5, 0.6) is 0 Å². The van der Waals surface area contributed by atoms with Crippen molar-refractivity contribution in [1.29, 1.82) is 0 Å². The minimum absolute atomic E-state index is 0.721. The maximum atomic E-state index is 6.30. The fourth-order valence-corrected chi connectivity index (χ4v) is 4.43. The molecule has 0 radical (unpaired) electrons. The molecule has 0 bridgehead atoms. The average molecular weight is 353 g/mol. The highest BCUT2D eigenvalue weighted by Crippen LogP contribution is 2.39. The molecule has 5 nitrogen and oxygen atoms in total. The second-order valence-electron chi connectivity index (χ2n) is 5.34. The van der Waals surface area contributed by atoms with Gasteiger partial charge in [0.25, 0.3) is 0 Å². The minimum Gasteiger partial charge on any atom is -0.397 e. The molecule has 4 rings (SSSR count). The molecule has 3 heterocycles. The number of nitrogens with two attached hydrogens (primary N) is 1. The van der Waals surface area contributed by atoms with Crippen LogP contribution in [0, 0.1) is 0 Å². The summed E-state index contributed by atoms with van der Waals surface area (Å²) >= 11 is 3.22. The van der Waals surface area contributed by atoms with Crippen LogP contribution in [0.1, 0.15) is 5.56 Å². The van der Waals surface area contributed by atoms with Gasteiger partial charge in [-0.1, -0.05) is 42.1 Å². The number of benzene rings is 1. The lowest BCUT2D eigenvalue weighted by Gasteiger charge is -2.03. The first kappa shape index (κ1) is 15.2. The Labute approximate surface area is 147 Å². The topological polar surface area (TPSA) is 69.6 Å². The molecule has 2 N–H and O–H groups in total. The van der Waals surface area contributed by atoms with E-state index in [0.29, 0.717) is 0 Å². The van der Waals surface area contributed by atoms with Gasteiger partial charge in [-0.15, -0.1) is 21.5 Å². The number of pyridine rings is 1. The zero-order valence-corrected chi connectivity index (χ0v) is 14.6. The van der Waals surface area contributed by atoms with Gasteiger partial charge in [-0.25, -0.2) is 4.98 Å². The Morgan fingerprint density at radius 3 is 2.75 bits per heavy atom. The molecule has 7 heteroatoms. The molecule has 0 unspecified atom stereocenters. The van der Waals surface area contributed by atoms with E-state index in [9.17, 15) is 0 Å². The molecule has 0 fully saturated rings. The molecular formula is C17H15N5S2. The fraction of sp³-hybridized carbons (Fsp3) is 0.118. The summed E-state index contributed by atoms with van der Waals surface area (Å²) in [4.78, 5) is 6.22. The summed E-state index contributed by atoms with van der Waals surface area (Å²) in [6.07, 6.45) is 1.78. The van der Waals surface area contributed by atoms with Crippen molar-refractivity contribution in [3.63, 3.8) is 0 Å². The van der Waals surface area contributed by atoms with E-state index in [4.69, 9.17) is 5.73 Å². The predicted molar refractivity (Wildman–Crippen MR) is 100 cm³/mol. The van der Waals surface area contributed by atoms with Crippen molar-refractivity contribution in [3.05, 3.63) is 54.2 Å². The molecule has 0 aliphatic heterocycles. The molecule has 4 aromatic rings. The molecule has 0 atom stereocenters. The van der Waals surface area contributed by atoms with Gasteiger partial charge in [-0.2, -0.15) is 0 Å². The Morgan fingerprint density at radius 1 is 1.12 bits per heavy atom. The molecule has 0 aliphatic carbocycles. The number of rotatable bonds is 4. The van der Waals surface area contributed by atoms with Crippen LogP contribution in [0.3, 0.4) is 0 Å². The monoisotopic (exact) mass is 353 g/mol. The minimum atomic E-state index is 0.721. The summed E-state index contributed by atoms with van der Waals surface area (Å²) in [7, 11) is 1.97. The molecule has 120 valence electrons. The van der Waals surface area contributed by atoms with Gasteiger partial charge in [-0.3, -0.25) is 0 Å². The van der Waals surface area contributed by atoms with Crippen molar-refractivity contribution in [1.82, 2.24) is 19.7 Å². The van der Waals surface area contributed by atoms with Gasteiger partial charge in [0.15, 0.2) is 11.0 Å². The van der Waals surface area contributed by atoms with E-state index in [-0.39, 0.29) is 0 Å². The van der Waals surface area contributed by atoms with Crippen LogP contribution >= 0.6 is 23.1 Å². The number of hydrogen-bond donors (Lipinski definition) is 1. The Balaban J connectivity index is 1.65. The van der Waals surface area contributed by atoms with E-state index < -0.39 is 0 Å². The highest BCUT2D eigenvalue weighted by atomic mass is 32.2. The van der Waals surface area contributed by atoms with Crippen molar-refractivity contribution in [3.8, 4) is 10.7 Å². The molecule has 0 amide bonds. The highest BCUT2D eigenvalue weighted by Gasteiger charge is 2.18. The van der Waals surface area contributed by atoms with Gasteiger partial charge in [0, 0.05) is 24.4 Å². The second-order valence-corrected chi connectivity index (χ2v) is 7.28. The normalized spacial score (nSPS) is 11.2.